The molecule has 5 heteroatoms. The van der Waals surface area contributed by atoms with Gasteiger partial charge >= 0.3 is 0 Å². The Bertz CT molecular complexity index is 720. The van der Waals surface area contributed by atoms with Gasteiger partial charge in [0.05, 0.1) is 25.0 Å². The fraction of sp³-hybridized carbons (Fsp3) is 0.250. The van der Waals surface area contributed by atoms with E-state index in [0.29, 0.717) is 13.1 Å². The van der Waals surface area contributed by atoms with Gasteiger partial charge in [-0.05, 0) is 17.7 Å². The van der Waals surface area contributed by atoms with Crippen molar-refractivity contribution in [2.75, 3.05) is 25.5 Å². The lowest BCUT2D eigenvalue weighted by Gasteiger charge is -2.12. The van der Waals surface area contributed by atoms with Crippen LogP contribution in [0.4, 0.5) is 5.69 Å². The molecule has 5 nitrogen and oxygen atoms in total. The van der Waals surface area contributed by atoms with Gasteiger partial charge in [-0.3, -0.25) is 4.79 Å². The lowest BCUT2D eigenvalue weighted by atomic mass is 10.1. The number of hydrogen-bond donors (Lipinski definition) is 1. The second kappa shape index (κ2) is 6.73. The van der Waals surface area contributed by atoms with Gasteiger partial charge in [-0.15, -0.1) is 0 Å². The van der Waals surface area contributed by atoms with Crippen LogP contribution in [0.25, 0.3) is 0 Å². The number of anilines is 1. The summed E-state index contributed by atoms with van der Waals surface area (Å²) in [5.74, 6) is 5.77. The molecule has 0 spiro atoms. The number of hydrogen-bond acceptors (Lipinski definition) is 4. The van der Waals surface area contributed by atoms with Crippen molar-refractivity contribution in [1.82, 2.24) is 9.78 Å². The van der Waals surface area contributed by atoms with Crippen molar-refractivity contribution >= 4 is 5.69 Å². The summed E-state index contributed by atoms with van der Waals surface area (Å²) >= 11 is 0. The first-order valence-electron chi connectivity index (χ1n) is 6.62. The molecule has 0 fully saturated rings. The summed E-state index contributed by atoms with van der Waals surface area (Å²) in [6.07, 6.45) is 1.68. The van der Waals surface area contributed by atoms with Gasteiger partial charge in [-0.2, -0.15) is 5.10 Å². The normalized spacial score (nSPS) is 9.86. The molecule has 0 aliphatic carbocycles. The molecule has 2 rings (SSSR count). The minimum Gasteiger partial charge on any atom is -0.376 e. The van der Waals surface area contributed by atoms with E-state index in [9.17, 15) is 4.79 Å². The predicted molar refractivity (Wildman–Crippen MR) is 84.3 cm³/mol. The van der Waals surface area contributed by atoms with Crippen LogP contribution in [0, 0.1) is 11.8 Å². The second-order valence-electron chi connectivity index (χ2n) is 4.81. The molecule has 0 unspecified atom stereocenters. The van der Waals surface area contributed by atoms with Gasteiger partial charge in [0.2, 0.25) is 0 Å². The van der Waals surface area contributed by atoms with E-state index in [0.717, 1.165) is 16.8 Å². The summed E-state index contributed by atoms with van der Waals surface area (Å²) in [4.78, 5) is 13.8. The van der Waals surface area contributed by atoms with Gasteiger partial charge in [-0.1, -0.05) is 24.0 Å². The molecule has 0 aliphatic rings. The Morgan fingerprint density at radius 1 is 1.29 bits per heavy atom. The molecule has 0 amide bonds. The zero-order valence-corrected chi connectivity index (χ0v) is 12.2. The fourth-order valence-corrected chi connectivity index (χ4v) is 1.81. The monoisotopic (exact) mass is 282 g/mol. The summed E-state index contributed by atoms with van der Waals surface area (Å²) in [6, 6.07) is 9.28. The largest absolute Gasteiger partial charge is 0.376 e. The molecule has 1 aromatic heterocycles. The van der Waals surface area contributed by atoms with Crippen LogP contribution in [0.2, 0.25) is 0 Å². The summed E-state index contributed by atoms with van der Waals surface area (Å²) in [5, 5.41) is 4.18. The van der Waals surface area contributed by atoms with Crippen LogP contribution in [0.5, 0.6) is 0 Å². The molecule has 0 atom stereocenters. The lowest BCUT2D eigenvalue weighted by Crippen LogP contribution is -2.24. The highest BCUT2D eigenvalue weighted by Crippen LogP contribution is 2.06. The second-order valence-corrected chi connectivity index (χ2v) is 4.81. The van der Waals surface area contributed by atoms with Crippen molar-refractivity contribution in [2.45, 2.75) is 6.54 Å². The summed E-state index contributed by atoms with van der Waals surface area (Å²) < 4.78 is 1.44. The highest BCUT2D eigenvalue weighted by Gasteiger charge is 2.02. The van der Waals surface area contributed by atoms with Crippen LogP contribution in [0.3, 0.4) is 0 Å². The van der Waals surface area contributed by atoms with Gasteiger partial charge in [0.15, 0.2) is 0 Å². The van der Waals surface area contributed by atoms with E-state index >= 15 is 0 Å². The molecule has 0 bridgehead atoms. The lowest BCUT2D eigenvalue weighted by molar-refractivity contribution is 0.638. The Labute approximate surface area is 124 Å². The maximum absolute atomic E-state index is 12.0. The molecule has 0 saturated heterocycles. The number of rotatable bonds is 3. The zero-order valence-electron chi connectivity index (χ0n) is 12.2. The Kier molecular flexibility index (Phi) is 4.75. The van der Waals surface area contributed by atoms with Gasteiger partial charge in [-0.25, -0.2) is 4.68 Å². The average molecular weight is 282 g/mol. The van der Waals surface area contributed by atoms with Crippen molar-refractivity contribution in [3.8, 4) is 11.8 Å². The minimum absolute atomic E-state index is 0.117. The third kappa shape index (κ3) is 3.94. The number of benzene rings is 1. The number of aromatic nitrogens is 2. The third-order valence-corrected chi connectivity index (χ3v) is 2.99. The van der Waals surface area contributed by atoms with E-state index in [1.165, 1.54) is 4.68 Å². The highest BCUT2D eigenvalue weighted by atomic mass is 16.1. The maximum atomic E-state index is 12.0. The molecule has 0 saturated carbocycles. The number of nitrogens with two attached hydrogens (primary N) is 1. The quantitative estimate of drug-likeness (QED) is 0.840. The molecule has 21 heavy (non-hydrogen) atoms. The zero-order chi connectivity index (χ0) is 15.2. The maximum Gasteiger partial charge on any atom is 0.269 e. The molecule has 2 aromatic rings. The van der Waals surface area contributed by atoms with Gasteiger partial charge in [0, 0.05) is 25.7 Å². The summed E-state index contributed by atoms with van der Waals surface area (Å²) in [6.45, 7) is 0.788. The summed E-state index contributed by atoms with van der Waals surface area (Å²) in [7, 11) is 3.75. The van der Waals surface area contributed by atoms with E-state index in [1.807, 2.05) is 43.3 Å². The molecular weight excluding hydrogens is 264 g/mol. The molecule has 1 heterocycles. The van der Waals surface area contributed by atoms with Crippen LogP contribution in [0.15, 0.2) is 41.3 Å². The minimum atomic E-state index is -0.117. The van der Waals surface area contributed by atoms with Crippen LogP contribution < -0.4 is 16.2 Å². The first-order valence-corrected chi connectivity index (χ1v) is 6.62. The molecule has 1 aromatic carbocycles. The first kappa shape index (κ1) is 14.8. The molecule has 2 N–H and O–H groups in total. The van der Waals surface area contributed by atoms with E-state index in [2.05, 4.69) is 16.9 Å². The molecule has 0 aliphatic heterocycles. The number of nitrogens with zero attached hydrogens (tertiary/aromatic N) is 3. The van der Waals surface area contributed by atoms with Crippen molar-refractivity contribution in [2.24, 2.45) is 5.73 Å². The van der Waals surface area contributed by atoms with Crippen LogP contribution in [-0.4, -0.2) is 30.4 Å². The van der Waals surface area contributed by atoms with Crippen LogP contribution >= 0.6 is 0 Å². The Hall–Kier alpha value is -2.58. The van der Waals surface area contributed by atoms with E-state index in [4.69, 9.17) is 5.73 Å². The SMILES string of the molecule is CN(C)c1cnn(Cc2ccc(C#CCN)cc2)c(=O)c1. The van der Waals surface area contributed by atoms with Gasteiger partial charge in [0.1, 0.15) is 0 Å². The van der Waals surface area contributed by atoms with Crippen molar-refractivity contribution in [1.29, 1.82) is 0 Å². The third-order valence-electron chi connectivity index (χ3n) is 2.99. The standard InChI is InChI=1S/C16H18N4O/c1-19(2)15-10-16(21)20(18-11-15)12-14-7-5-13(6-8-14)4-3-9-17/h5-8,10-11H,9,12,17H2,1-2H3. The van der Waals surface area contributed by atoms with Crippen molar-refractivity contribution in [3.63, 3.8) is 0 Å². The van der Waals surface area contributed by atoms with Gasteiger partial charge < -0.3 is 10.6 Å². The molecule has 0 radical (unpaired) electrons. The van der Waals surface area contributed by atoms with E-state index in [1.54, 1.807) is 12.3 Å². The molecule has 108 valence electrons. The molecular formula is C16H18N4O. The Morgan fingerprint density at radius 3 is 2.57 bits per heavy atom. The highest BCUT2D eigenvalue weighted by molar-refractivity contribution is 5.40. The van der Waals surface area contributed by atoms with Crippen LogP contribution in [-0.2, 0) is 6.54 Å². The smallest absolute Gasteiger partial charge is 0.269 e. The van der Waals surface area contributed by atoms with E-state index < -0.39 is 0 Å². The van der Waals surface area contributed by atoms with Crippen molar-refractivity contribution in [3.05, 3.63) is 58.0 Å². The topological polar surface area (TPSA) is 64.2 Å². The van der Waals surface area contributed by atoms with Crippen LogP contribution in [0.1, 0.15) is 11.1 Å². The van der Waals surface area contributed by atoms with Gasteiger partial charge in [0.25, 0.3) is 5.56 Å². The Morgan fingerprint density at radius 2 is 2.00 bits per heavy atom. The average Bonchev–Trinajstić information content (AvgIpc) is 2.48. The fourth-order valence-electron chi connectivity index (χ4n) is 1.81. The Balaban J connectivity index is 2.17. The van der Waals surface area contributed by atoms with E-state index in [-0.39, 0.29) is 5.56 Å². The first-order chi connectivity index (χ1) is 10.1. The summed E-state index contributed by atoms with van der Waals surface area (Å²) in [5.41, 5.74) is 7.92. The van der Waals surface area contributed by atoms with Crippen molar-refractivity contribution < 1.29 is 0 Å². The predicted octanol–water partition coefficient (Wildman–Crippen LogP) is 0.668.